The number of anilines is 1. The van der Waals surface area contributed by atoms with Crippen molar-refractivity contribution in [3.63, 3.8) is 0 Å². The van der Waals surface area contributed by atoms with Gasteiger partial charge in [-0.25, -0.2) is 0 Å². The van der Waals surface area contributed by atoms with Crippen molar-refractivity contribution in [1.82, 2.24) is 0 Å². The molecule has 0 saturated carbocycles. The summed E-state index contributed by atoms with van der Waals surface area (Å²) < 4.78 is 10.5. The van der Waals surface area contributed by atoms with Gasteiger partial charge in [-0.3, -0.25) is 14.9 Å². The smallest absolute Gasteiger partial charge is 0.274 e. The van der Waals surface area contributed by atoms with E-state index in [1.165, 1.54) is 38.1 Å². The molecule has 0 saturated heterocycles. The second-order valence-corrected chi connectivity index (χ2v) is 6.17. The Morgan fingerprint density at radius 2 is 1.96 bits per heavy atom. The molecule has 7 nitrogen and oxygen atoms in total. The largest absolute Gasteiger partial charge is 0.493 e. The fourth-order valence-electron chi connectivity index (χ4n) is 2.44. The molecule has 25 heavy (non-hydrogen) atoms. The van der Waals surface area contributed by atoms with Gasteiger partial charge in [0, 0.05) is 16.5 Å². The van der Waals surface area contributed by atoms with Crippen LogP contribution in [0.3, 0.4) is 0 Å². The number of rotatable bonds is 4. The molecule has 0 aromatic heterocycles. The molecule has 0 aliphatic carbocycles. The molecular weight excluding hydrogens is 344 g/mol. The van der Waals surface area contributed by atoms with Crippen LogP contribution in [0.25, 0.3) is 6.08 Å². The number of hydrogen-bond acceptors (Lipinski definition) is 6. The summed E-state index contributed by atoms with van der Waals surface area (Å²) in [6.45, 7) is 0. The molecule has 0 fully saturated rings. The van der Waals surface area contributed by atoms with E-state index < -0.39 is 4.92 Å². The van der Waals surface area contributed by atoms with Crippen molar-refractivity contribution in [2.24, 2.45) is 0 Å². The molecule has 8 heteroatoms. The Morgan fingerprint density at radius 3 is 2.64 bits per heavy atom. The predicted molar refractivity (Wildman–Crippen MR) is 95.1 cm³/mol. The first-order valence-electron chi connectivity index (χ1n) is 7.24. The summed E-state index contributed by atoms with van der Waals surface area (Å²) in [5, 5.41) is 13.9. The zero-order valence-electron chi connectivity index (χ0n) is 13.4. The molecule has 1 heterocycles. The van der Waals surface area contributed by atoms with Crippen LogP contribution < -0.4 is 14.8 Å². The van der Waals surface area contributed by atoms with Crippen LogP contribution in [0.1, 0.15) is 5.56 Å². The lowest BCUT2D eigenvalue weighted by Crippen LogP contribution is -2.17. The third kappa shape index (κ3) is 3.29. The first kappa shape index (κ1) is 16.8. The molecule has 0 atom stereocenters. The van der Waals surface area contributed by atoms with E-state index in [4.69, 9.17) is 9.47 Å². The lowest BCUT2D eigenvalue weighted by molar-refractivity contribution is -0.385. The average molecular weight is 358 g/mol. The monoisotopic (exact) mass is 358 g/mol. The maximum atomic E-state index is 12.3. The summed E-state index contributed by atoms with van der Waals surface area (Å²) in [5.41, 5.74) is 0.981. The first-order chi connectivity index (χ1) is 12.0. The Morgan fingerprint density at radius 1 is 1.20 bits per heavy atom. The van der Waals surface area contributed by atoms with E-state index in [9.17, 15) is 14.9 Å². The summed E-state index contributed by atoms with van der Waals surface area (Å²) in [6, 6.07) is 10.0. The number of non-ortho nitro benzene ring substituents is 1. The lowest BCUT2D eigenvalue weighted by atomic mass is 10.1. The van der Waals surface area contributed by atoms with Gasteiger partial charge in [-0.15, -0.1) is 0 Å². The van der Waals surface area contributed by atoms with Gasteiger partial charge in [0.25, 0.3) is 11.6 Å². The van der Waals surface area contributed by atoms with E-state index >= 15 is 0 Å². The molecule has 1 aliphatic rings. The summed E-state index contributed by atoms with van der Waals surface area (Å²) in [4.78, 5) is 24.2. The fourth-order valence-corrected chi connectivity index (χ4v) is 3.38. The Balaban J connectivity index is 2.10. The number of nitrogens with one attached hydrogen (secondary N) is 1. The second kappa shape index (κ2) is 6.86. The maximum Gasteiger partial charge on any atom is 0.274 e. The minimum atomic E-state index is -0.520. The van der Waals surface area contributed by atoms with Crippen molar-refractivity contribution in [1.29, 1.82) is 0 Å². The molecule has 2 aromatic rings. The van der Waals surface area contributed by atoms with E-state index in [2.05, 4.69) is 5.32 Å². The molecule has 0 unspecified atom stereocenters. The Kier molecular flexibility index (Phi) is 4.62. The van der Waals surface area contributed by atoms with Gasteiger partial charge in [0.15, 0.2) is 11.5 Å². The minimum absolute atomic E-state index is 0.147. The average Bonchev–Trinajstić information content (AvgIpc) is 2.61. The number of ether oxygens (including phenoxy) is 2. The van der Waals surface area contributed by atoms with Crippen LogP contribution in [-0.4, -0.2) is 25.1 Å². The predicted octanol–water partition coefficient (Wildman–Crippen LogP) is 3.70. The molecule has 3 rings (SSSR count). The molecule has 0 radical (unpaired) electrons. The van der Waals surface area contributed by atoms with Gasteiger partial charge < -0.3 is 14.8 Å². The van der Waals surface area contributed by atoms with Crippen molar-refractivity contribution in [3.05, 3.63) is 57.0 Å². The number of benzene rings is 2. The van der Waals surface area contributed by atoms with Crippen LogP contribution >= 0.6 is 11.8 Å². The van der Waals surface area contributed by atoms with E-state index in [1.54, 1.807) is 6.08 Å². The van der Waals surface area contributed by atoms with Gasteiger partial charge in [0.2, 0.25) is 0 Å². The number of carbonyl (C=O) groups is 1. The highest BCUT2D eigenvalue weighted by atomic mass is 32.2. The van der Waals surface area contributed by atoms with Crippen LogP contribution in [0.4, 0.5) is 11.4 Å². The van der Waals surface area contributed by atoms with Crippen LogP contribution in [0.2, 0.25) is 0 Å². The topological polar surface area (TPSA) is 90.7 Å². The van der Waals surface area contributed by atoms with Gasteiger partial charge in [-0.05, 0) is 18.2 Å². The van der Waals surface area contributed by atoms with Crippen molar-refractivity contribution in [2.75, 3.05) is 19.5 Å². The molecule has 128 valence electrons. The molecule has 0 bridgehead atoms. The number of thioether (sulfide) groups is 1. The maximum absolute atomic E-state index is 12.3. The number of hydrogen-bond donors (Lipinski definition) is 1. The zero-order valence-corrected chi connectivity index (χ0v) is 14.3. The van der Waals surface area contributed by atoms with Crippen LogP contribution in [0.5, 0.6) is 11.5 Å². The van der Waals surface area contributed by atoms with E-state index in [-0.39, 0.29) is 17.3 Å². The second-order valence-electron chi connectivity index (χ2n) is 5.09. The molecule has 1 N–H and O–H groups in total. The Labute approximate surface area is 147 Å². The standard InChI is InChI=1S/C17H14N2O5S/c1-23-13-9-11(19(21)22)7-10(16(13)24-2)8-15-17(20)18-12-5-3-4-6-14(12)25-15/h3-9H,1-2H3,(H,18,20)/b15-8+. The van der Waals surface area contributed by atoms with Gasteiger partial charge in [0.05, 0.1) is 35.8 Å². The Hall–Kier alpha value is -3.00. The van der Waals surface area contributed by atoms with Crippen LogP contribution in [0.15, 0.2) is 46.2 Å². The molecule has 1 aliphatic heterocycles. The molecule has 2 aromatic carbocycles. The van der Waals surface area contributed by atoms with E-state index in [1.807, 2.05) is 24.3 Å². The third-order valence-corrected chi connectivity index (χ3v) is 4.67. The summed E-state index contributed by atoms with van der Waals surface area (Å²) in [6.07, 6.45) is 1.56. The summed E-state index contributed by atoms with van der Waals surface area (Å²) in [7, 11) is 2.84. The number of amides is 1. The fraction of sp³-hybridized carbons (Fsp3) is 0.118. The number of nitro groups is 1. The quantitative estimate of drug-likeness (QED) is 0.509. The highest BCUT2D eigenvalue weighted by Crippen LogP contribution is 2.42. The molecule has 1 amide bonds. The normalized spacial score (nSPS) is 14.6. The van der Waals surface area contributed by atoms with Crippen LogP contribution in [0, 0.1) is 10.1 Å². The number of nitro benzene ring substituents is 1. The lowest BCUT2D eigenvalue weighted by Gasteiger charge is -2.18. The third-order valence-electron chi connectivity index (χ3n) is 3.57. The van der Waals surface area contributed by atoms with Crippen LogP contribution in [-0.2, 0) is 4.79 Å². The number of nitrogens with zero attached hydrogens (tertiary/aromatic N) is 1. The highest BCUT2D eigenvalue weighted by Gasteiger charge is 2.23. The van der Waals surface area contributed by atoms with Crippen molar-refractivity contribution >= 4 is 35.1 Å². The number of methoxy groups -OCH3 is 2. The summed E-state index contributed by atoms with van der Waals surface area (Å²) >= 11 is 1.29. The number of para-hydroxylation sites is 1. The Bertz CT molecular complexity index is 895. The number of fused-ring (bicyclic) bond motifs is 1. The van der Waals surface area contributed by atoms with Crippen molar-refractivity contribution in [2.45, 2.75) is 4.90 Å². The summed E-state index contributed by atoms with van der Waals surface area (Å²) in [5.74, 6) is 0.272. The van der Waals surface area contributed by atoms with Gasteiger partial charge in [-0.1, -0.05) is 23.9 Å². The first-order valence-corrected chi connectivity index (χ1v) is 8.05. The molecule has 0 spiro atoms. The minimum Gasteiger partial charge on any atom is -0.493 e. The van der Waals surface area contributed by atoms with Gasteiger partial charge in [0.1, 0.15) is 0 Å². The SMILES string of the molecule is COc1cc([N+](=O)[O-])cc(/C=C2/Sc3ccccc3NC2=O)c1OC. The molecular formula is C17H14N2O5S. The van der Waals surface area contributed by atoms with Crippen molar-refractivity contribution < 1.29 is 19.2 Å². The van der Waals surface area contributed by atoms with E-state index in [0.29, 0.717) is 16.2 Å². The van der Waals surface area contributed by atoms with Crippen molar-refractivity contribution in [3.8, 4) is 11.5 Å². The van der Waals surface area contributed by atoms with E-state index in [0.717, 1.165) is 10.6 Å². The zero-order chi connectivity index (χ0) is 18.0. The highest BCUT2D eigenvalue weighted by molar-refractivity contribution is 8.04. The van der Waals surface area contributed by atoms with Gasteiger partial charge >= 0.3 is 0 Å². The van der Waals surface area contributed by atoms with Gasteiger partial charge in [-0.2, -0.15) is 0 Å². The number of carbonyl (C=O) groups excluding carboxylic acids is 1.